The zero-order valence-corrected chi connectivity index (χ0v) is 19.2. The Morgan fingerprint density at radius 1 is 1.31 bits per heavy atom. The number of pyridine rings is 1. The van der Waals surface area contributed by atoms with E-state index < -0.39 is 0 Å². The van der Waals surface area contributed by atoms with Crippen LogP contribution in [-0.4, -0.2) is 29.3 Å². The Morgan fingerprint density at radius 3 is 2.84 bits per heavy atom. The van der Waals surface area contributed by atoms with Gasteiger partial charge in [0.05, 0.1) is 16.4 Å². The molecule has 1 aromatic carbocycles. The van der Waals surface area contributed by atoms with Crippen molar-refractivity contribution in [2.75, 3.05) is 12.3 Å². The van der Waals surface area contributed by atoms with Gasteiger partial charge in [0, 0.05) is 28.6 Å². The van der Waals surface area contributed by atoms with Crippen molar-refractivity contribution in [1.82, 2.24) is 10.3 Å². The minimum atomic E-state index is -0.220. The number of nitrogens with one attached hydrogen (secondary N) is 1. The number of carbonyl (C=O) groups excluding carboxylic acids is 2. The summed E-state index contributed by atoms with van der Waals surface area (Å²) in [5.41, 5.74) is 9.19. The Bertz CT molecular complexity index is 1240. The first-order valence-corrected chi connectivity index (χ1v) is 11.3. The lowest BCUT2D eigenvalue weighted by Gasteiger charge is -2.11. The molecule has 0 spiro atoms. The first-order chi connectivity index (χ1) is 15.3. The van der Waals surface area contributed by atoms with Crippen molar-refractivity contribution in [2.45, 2.75) is 26.4 Å². The fraction of sp³-hybridized carbons (Fsp3) is 0.208. The molecule has 0 bridgehead atoms. The molecular formula is C24H22ClN3O3S. The van der Waals surface area contributed by atoms with Crippen LogP contribution in [0.2, 0.25) is 5.02 Å². The summed E-state index contributed by atoms with van der Waals surface area (Å²) in [6.07, 6.45) is 3.61. The van der Waals surface area contributed by atoms with Crippen LogP contribution in [0.5, 0.6) is 5.75 Å². The van der Waals surface area contributed by atoms with Crippen molar-refractivity contribution in [1.29, 1.82) is 0 Å². The molecule has 3 aromatic rings. The molecule has 1 unspecified atom stereocenters. The minimum Gasteiger partial charge on any atom is -0.486 e. The van der Waals surface area contributed by atoms with Gasteiger partial charge in [-0.25, -0.2) is 4.98 Å². The molecule has 8 heteroatoms. The van der Waals surface area contributed by atoms with Gasteiger partial charge in [-0.2, -0.15) is 0 Å². The van der Waals surface area contributed by atoms with E-state index in [0.29, 0.717) is 34.4 Å². The number of ketones is 1. The van der Waals surface area contributed by atoms with Gasteiger partial charge >= 0.3 is 0 Å². The highest BCUT2D eigenvalue weighted by molar-refractivity contribution is 7.17. The van der Waals surface area contributed by atoms with Gasteiger partial charge < -0.3 is 15.8 Å². The molecule has 2 aromatic heterocycles. The van der Waals surface area contributed by atoms with Crippen molar-refractivity contribution in [3.05, 3.63) is 69.2 Å². The molecule has 1 aliphatic heterocycles. The predicted octanol–water partition coefficient (Wildman–Crippen LogP) is 4.69. The monoisotopic (exact) mass is 467 g/mol. The van der Waals surface area contributed by atoms with Gasteiger partial charge in [0.2, 0.25) is 5.91 Å². The topological polar surface area (TPSA) is 94.3 Å². The second kappa shape index (κ2) is 9.14. The maximum absolute atomic E-state index is 12.2. The van der Waals surface area contributed by atoms with E-state index in [-0.39, 0.29) is 17.8 Å². The van der Waals surface area contributed by atoms with Gasteiger partial charge in [-0.1, -0.05) is 11.6 Å². The number of anilines is 1. The highest BCUT2D eigenvalue weighted by Crippen LogP contribution is 2.41. The van der Waals surface area contributed by atoms with Gasteiger partial charge in [-0.3, -0.25) is 9.59 Å². The van der Waals surface area contributed by atoms with Crippen LogP contribution in [-0.2, 0) is 11.2 Å². The third-order valence-corrected chi connectivity index (χ3v) is 6.67. The van der Waals surface area contributed by atoms with Crippen LogP contribution in [0.15, 0.2) is 42.5 Å². The Labute approximate surface area is 195 Å². The number of hydrogen-bond donors (Lipinski definition) is 2. The van der Waals surface area contributed by atoms with Gasteiger partial charge in [0.25, 0.3) is 0 Å². The maximum Gasteiger partial charge on any atom is 0.244 e. The van der Waals surface area contributed by atoms with Crippen molar-refractivity contribution in [2.24, 2.45) is 0 Å². The normalized spacial score (nSPS) is 14.9. The molecule has 164 valence electrons. The molecule has 3 heterocycles. The minimum absolute atomic E-state index is 0.0458. The van der Waals surface area contributed by atoms with Crippen molar-refractivity contribution >= 4 is 46.5 Å². The number of hydrogen-bond acceptors (Lipinski definition) is 6. The summed E-state index contributed by atoms with van der Waals surface area (Å²) in [5, 5.41) is 3.39. The molecular weight excluding hydrogens is 446 g/mol. The smallest absolute Gasteiger partial charge is 0.244 e. The number of halogens is 1. The van der Waals surface area contributed by atoms with Crippen LogP contribution in [0.1, 0.15) is 33.4 Å². The van der Waals surface area contributed by atoms with E-state index in [1.807, 2.05) is 37.3 Å². The summed E-state index contributed by atoms with van der Waals surface area (Å²) in [7, 11) is 0. The number of rotatable bonds is 6. The fourth-order valence-electron chi connectivity index (χ4n) is 3.53. The maximum atomic E-state index is 12.2. The molecule has 0 saturated carbocycles. The van der Waals surface area contributed by atoms with E-state index in [4.69, 9.17) is 22.1 Å². The Morgan fingerprint density at radius 2 is 2.12 bits per heavy atom. The van der Waals surface area contributed by atoms with E-state index in [1.165, 1.54) is 17.4 Å². The standard InChI is InChI=1S/C24H22ClN3O3S/c1-13-15(3-7-22(26)28-13)4-8-23(30)27-12-18-10-17-9-16(11-19(25)24(17)31-18)21-6-5-20(32-21)14(2)29/h3-9,11,18H,10,12H2,1-2H3,(H2,26,28)(H,27,30)/b8-4+. The summed E-state index contributed by atoms with van der Waals surface area (Å²) in [4.78, 5) is 29.7. The van der Waals surface area contributed by atoms with Crippen LogP contribution in [0.3, 0.4) is 0 Å². The molecule has 3 N–H and O–H groups in total. The molecule has 0 saturated heterocycles. The number of Topliss-reactive ketones (excluding diaryl/α,β-unsaturated/α-hetero) is 1. The fourth-order valence-corrected chi connectivity index (χ4v) is 4.70. The first-order valence-electron chi connectivity index (χ1n) is 10.1. The average molecular weight is 468 g/mol. The lowest BCUT2D eigenvalue weighted by Crippen LogP contribution is -2.33. The number of fused-ring (bicyclic) bond motifs is 1. The molecule has 1 amide bonds. The number of benzene rings is 1. The second-order valence-electron chi connectivity index (χ2n) is 7.60. The number of aryl methyl sites for hydroxylation is 1. The second-order valence-corrected chi connectivity index (χ2v) is 9.09. The van der Waals surface area contributed by atoms with Crippen LogP contribution >= 0.6 is 22.9 Å². The van der Waals surface area contributed by atoms with Gasteiger partial charge in [-0.15, -0.1) is 11.3 Å². The van der Waals surface area contributed by atoms with Crippen molar-refractivity contribution in [3.8, 4) is 16.2 Å². The van der Waals surface area contributed by atoms with Crippen LogP contribution in [0.4, 0.5) is 5.82 Å². The molecule has 4 rings (SSSR count). The lowest BCUT2D eigenvalue weighted by atomic mass is 10.1. The lowest BCUT2D eigenvalue weighted by molar-refractivity contribution is -0.116. The number of aromatic nitrogens is 1. The van der Waals surface area contributed by atoms with E-state index in [0.717, 1.165) is 27.3 Å². The van der Waals surface area contributed by atoms with E-state index in [2.05, 4.69) is 10.3 Å². The number of nitrogens with zero attached hydrogens (tertiary/aromatic N) is 1. The van der Waals surface area contributed by atoms with Crippen LogP contribution in [0, 0.1) is 6.92 Å². The Balaban J connectivity index is 1.38. The summed E-state index contributed by atoms with van der Waals surface area (Å²) < 4.78 is 5.97. The summed E-state index contributed by atoms with van der Waals surface area (Å²) in [6.45, 7) is 3.75. The SMILES string of the molecule is CC(=O)c1ccc(-c2cc(Cl)c3c(c2)CC(CNC(=O)/C=C/c2ccc(N)nc2C)O3)s1. The van der Waals surface area contributed by atoms with Crippen molar-refractivity contribution < 1.29 is 14.3 Å². The predicted molar refractivity (Wildman–Crippen MR) is 128 cm³/mol. The molecule has 0 radical (unpaired) electrons. The molecule has 1 atom stereocenters. The molecule has 1 aliphatic rings. The first kappa shape index (κ1) is 22.0. The summed E-state index contributed by atoms with van der Waals surface area (Å²) in [5.74, 6) is 0.923. The average Bonchev–Trinajstić information content (AvgIpc) is 3.39. The van der Waals surface area contributed by atoms with Gasteiger partial charge in [-0.05, 0) is 67.4 Å². The van der Waals surface area contributed by atoms with E-state index in [9.17, 15) is 9.59 Å². The Kier molecular flexibility index (Phi) is 6.30. The molecule has 32 heavy (non-hydrogen) atoms. The number of amides is 1. The number of ether oxygens (including phenoxy) is 1. The molecule has 0 fully saturated rings. The molecule has 0 aliphatic carbocycles. The zero-order valence-electron chi connectivity index (χ0n) is 17.6. The van der Waals surface area contributed by atoms with Crippen LogP contribution < -0.4 is 15.8 Å². The number of nitrogens with two attached hydrogens (primary N) is 1. The zero-order chi connectivity index (χ0) is 22.8. The largest absolute Gasteiger partial charge is 0.486 e. The third kappa shape index (κ3) is 4.84. The third-order valence-electron chi connectivity index (χ3n) is 5.16. The number of carbonyl (C=O) groups is 2. The number of thiophene rings is 1. The van der Waals surface area contributed by atoms with E-state index in [1.54, 1.807) is 19.1 Å². The quantitative estimate of drug-likeness (QED) is 0.405. The Hall–Kier alpha value is -3.16. The summed E-state index contributed by atoms with van der Waals surface area (Å²) in [6, 6.07) is 11.2. The highest BCUT2D eigenvalue weighted by Gasteiger charge is 2.26. The number of nitrogen functional groups attached to an aromatic ring is 1. The van der Waals surface area contributed by atoms with Crippen LogP contribution in [0.25, 0.3) is 16.5 Å². The summed E-state index contributed by atoms with van der Waals surface area (Å²) >= 11 is 7.91. The highest BCUT2D eigenvalue weighted by atomic mass is 35.5. The van der Waals surface area contributed by atoms with Gasteiger partial charge in [0.1, 0.15) is 17.7 Å². The van der Waals surface area contributed by atoms with Crippen molar-refractivity contribution in [3.63, 3.8) is 0 Å². The van der Waals surface area contributed by atoms with Gasteiger partial charge in [0.15, 0.2) is 5.78 Å². The van der Waals surface area contributed by atoms with E-state index >= 15 is 0 Å². The molecule has 6 nitrogen and oxygen atoms in total.